The number of nitriles is 1. The molecule has 1 unspecified atom stereocenters. The van der Waals surface area contributed by atoms with Gasteiger partial charge in [0.1, 0.15) is 18.4 Å². The molecule has 1 atom stereocenters. The number of rotatable bonds is 6. The number of hydrogen-bond acceptors (Lipinski definition) is 4. The third-order valence-corrected chi connectivity index (χ3v) is 2.19. The molecule has 2 N–H and O–H groups in total. The van der Waals surface area contributed by atoms with Crippen LogP contribution in [-0.4, -0.2) is 23.8 Å². The highest BCUT2D eigenvalue weighted by atomic mass is 16.5. The average molecular weight is 234 g/mol. The van der Waals surface area contributed by atoms with E-state index in [9.17, 15) is 0 Å². The van der Waals surface area contributed by atoms with E-state index in [-0.39, 0.29) is 18.7 Å². The van der Waals surface area contributed by atoms with Gasteiger partial charge in [-0.25, -0.2) is 0 Å². The number of ether oxygens (including phenoxy) is 1. The van der Waals surface area contributed by atoms with E-state index in [1.165, 1.54) is 0 Å². The Morgan fingerprint density at radius 2 is 2.24 bits per heavy atom. The molecule has 1 rings (SSSR count). The van der Waals surface area contributed by atoms with E-state index in [1.807, 2.05) is 32.0 Å². The minimum absolute atomic E-state index is 0.0108. The molecule has 92 valence electrons. The quantitative estimate of drug-likeness (QED) is 0.782. The molecule has 0 radical (unpaired) electrons. The van der Waals surface area contributed by atoms with Crippen molar-refractivity contribution in [3.63, 3.8) is 0 Å². The topological polar surface area (TPSA) is 65.3 Å². The fourth-order valence-corrected chi connectivity index (χ4v) is 1.44. The summed E-state index contributed by atoms with van der Waals surface area (Å²) in [5, 5.41) is 21.0. The van der Waals surface area contributed by atoms with Gasteiger partial charge in [0.15, 0.2) is 0 Å². The van der Waals surface area contributed by atoms with Crippen molar-refractivity contribution in [1.29, 1.82) is 5.26 Å². The molecule has 1 aromatic rings. The van der Waals surface area contributed by atoms with E-state index in [0.717, 1.165) is 5.56 Å². The molecular weight excluding hydrogens is 216 g/mol. The number of aliphatic hydroxyl groups is 1. The number of aliphatic hydroxyl groups excluding tert-OH is 1. The SMILES string of the molecule is CC(C)NC(C#N)COc1cccc(CO)c1. The van der Waals surface area contributed by atoms with Crippen molar-refractivity contribution in [2.45, 2.75) is 32.5 Å². The normalized spacial score (nSPS) is 12.2. The Hall–Kier alpha value is -1.57. The maximum absolute atomic E-state index is 8.98. The van der Waals surface area contributed by atoms with Crippen LogP contribution in [0.2, 0.25) is 0 Å². The molecule has 4 nitrogen and oxygen atoms in total. The van der Waals surface area contributed by atoms with Gasteiger partial charge in [-0.1, -0.05) is 12.1 Å². The van der Waals surface area contributed by atoms with Crippen LogP contribution in [0, 0.1) is 11.3 Å². The third-order valence-electron chi connectivity index (χ3n) is 2.19. The minimum atomic E-state index is -0.326. The van der Waals surface area contributed by atoms with Gasteiger partial charge in [0.25, 0.3) is 0 Å². The van der Waals surface area contributed by atoms with E-state index in [0.29, 0.717) is 12.4 Å². The summed E-state index contributed by atoms with van der Waals surface area (Å²) < 4.78 is 5.51. The molecule has 0 aliphatic carbocycles. The van der Waals surface area contributed by atoms with E-state index < -0.39 is 0 Å². The number of hydrogen-bond donors (Lipinski definition) is 2. The van der Waals surface area contributed by atoms with Crippen molar-refractivity contribution in [2.75, 3.05) is 6.61 Å². The van der Waals surface area contributed by atoms with Gasteiger partial charge in [0.2, 0.25) is 0 Å². The van der Waals surface area contributed by atoms with Crippen molar-refractivity contribution in [3.8, 4) is 11.8 Å². The molecule has 0 heterocycles. The maximum Gasteiger partial charge on any atom is 0.130 e. The van der Waals surface area contributed by atoms with E-state index in [1.54, 1.807) is 6.07 Å². The smallest absolute Gasteiger partial charge is 0.130 e. The number of nitrogens with one attached hydrogen (secondary N) is 1. The number of nitrogens with zero attached hydrogens (tertiary/aromatic N) is 1. The van der Waals surface area contributed by atoms with Gasteiger partial charge >= 0.3 is 0 Å². The molecule has 0 spiro atoms. The molecule has 0 aliphatic rings. The first-order chi connectivity index (χ1) is 8.15. The van der Waals surface area contributed by atoms with Crippen LogP contribution in [0.5, 0.6) is 5.75 Å². The van der Waals surface area contributed by atoms with Gasteiger partial charge in [0, 0.05) is 6.04 Å². The number of benzene rings is 1. The summed E-state index contributed by atoms with van der Waals surface area (Å²) in [6.45, 7) is 4.25. The van der Waals surface area contributed by atoms with Gasteiger partial charge in [0.05, 0.1) is 12.7 Å². The molecule has 0 saturated heterocycles. The van der Waals surface area contributed by atoms with Gasteiger partial charge in [-0.2, -0.15) is 5.26 Å². The average Bonchev–Trinajstić information content (AvgIpc) is 2.34. The van der Waals surface area contributed by atoms with Crippen LogP contribution in [0.4, 0.5) is 0 Å². The first kappa shape index (κ1) is 13.5. The highest BCUT2D eigenvalue weighted by Crippen LogP contribution is 2.13. The van der Waals surface area contributed by atoms with Crippen LogP contribution in [0.1, 0.15) is 19.4 Å². The second-order valence-corrected chi connectivity index (χ2v) is 4.12. The zero-order valence-electron chi connectivity index (χ0n) is 10.2. The molecule has 0 aliphatic heterocycles. The zero-order valence-corrected chi connectivity index (χ0v) is 10.2. The Morgan fingerprint density at radius 1 is 1.47 bits per heavy atom. The second-order valence-electron chi connectivity index (χ2n) is 4.12. The lowest BCUT2D eigenvalue weighted by molar-refractivity contribution is 0.273. The first-order valence-corrected chi connectivity index (χ1v) is 5.64. The van der Waals surface area contributed by atoms with Gasteiger partial charge in [-0.05, 0) is 31.5 Å². The molecule has 17 heavy (non-hydrogen) atoms. The zero-order chi connectivity index (χ0) is 12.7. The predicted molar refractivity (Wildman–Crippen MR) is 65.5 cm³/mol. The monoisotopic (exact) mass is 234 g/mol. The van der Waals surface area contributed by atoms with Crippen LogP contribution < -0.4 is 10.1 Å². The predicted octanol–water partition coefficient (Wildman–Crippen LogP) is 1.45. The van der Waals surface area contributed by atoms with Crippen LogP contribution >= 0.6 is 0 Å². The standard InChI is InChI=1S/C13H18N2O2/c1-10(2)15-12(7-14)9-17-13-5-3-4-11(6-13)8-16/h3-6,10,12,15-16H,8-9H2,1-2H3. The summed E-state index contributed by atoms with van der Waals surface area (Å²) in [5.74, 6) is 0.669. The van der Waals surface area contributed by atoms with Crippen LogP contribution in [0.25, 0.3) is 0 Å². The summed E-state index contributed by atoms with van der Waals surface area (Å²) in [7, 11) is 0. The first-order valence-electron chi connectivity index (χ1n) is 5.64. The van der Waals surface area contributed by atoms with Crippen LogP contribution in [0.3, 0.4) is 0 Å². The maximum atomic E-state index is 8.98. The summed E-state index contributed by atoms with van der Waals surface area (Å²) in [5.41, 5.74) is 0.799. The van der Waals surface area contributed by atoms with Crippen molar-refractivity contribution in [3.05, 3.63) is 29.8 Å². The van der Waals surface area contributed by atoms with Gasteiger partial charge in [-0.3, -0.25) is 5.32 Å². The highest BCUT2D eigenvalue weighted by Gasteiger charge is 2.09. The summed E-state index contributed by atoms with van der Waals surface area (Å²) in [6, 6.07) is 9.28. The van der Waals surface area contributed by atoms with E-state index in [2.05, 4.69) is 11.4 Å². The summed E-state index contributed by atoms with van der Waals surface area (Å²) in [6.07, 6.45) is 0. The second kappa shape index (κ2) is 6.89. The largest absolute Gasteiger partial charge is 0.491 e. The molecule has 0 bridgehead atoms. The fraction of sp³-hybridized carbons (Fsp3) is 0.462. The Kier molecular flexibility index (Phi) is 5.47. The summed E-state index contributed by atoms with van der Waals surface area (Å²) in [4.78, 5) is 0. The van der Waals surface area contributed by atoms with E-state index >= 15 is 0 Å². The third kappa shape index (κ3) is 4.85. The molecule has 1 aromatic carbocycles. The molecule has 0 aromatic heterocycles. The van der Waals surface area contributed by atoms with Crippen molar-refractivity contribution < 1.29 is 9.84 Å². The lowest BCUT2D eigenvalue weighted by atomic mass is 10.2. The Labute approximate surface area is 102 Å². The van der Waals surface area contributed by atoms with Crippen LogP contribution in [0.15, 0.2) is 24.3 Å². The molecule has 0 amide bonds. The van der Waals surface area contributed by atoms with Crippen molar-refractivity contribution in [2.24, 2.45) is 0 Å². The summed E-state index contributed by atoms with van der Waals surface area (Å²) >= 11 is 0. The van der Waals surface area contributed by atoms with Crippen LogP contribution in [-0.2, 0) is 6.61 Å². The minimum Gasteiger partial charge on any atom is -0.491 e. The van der Waals surface area contributed by atoms with E-state index in [4.69, 9.17) is 15.1 Å². The van der Waals surface area contributed by atoms with Gasteiger partial charge < -0.3 is 9.84 Å². The lowest BCUT2D eigenvalue weighted by Crippen LogP contribution is -2.37. The van der Waals surface area contributed by atoms with Crippen molar-refractivity contribution >= 4 is 0 Å². The lowest BCUT2D eigenvalue weighted by Gasteiger charge is -2.15. The molecule has 0 fully saturated rings. The van der Waals surface area contributed by atoms with Crippen molar-refractivity contribution in [1.82, 2.24) is 5.32 Å². The molecular formula is C13H18N2O2. The highest BCUT2D eigenvalue weighted by molar-refractivity contribution is 5.28. The molecule has 4 heteroatoms. The van der Waals surface area contributed by atoms with Gasteiger partial charge in [-0.15, -0.1) is 0 Å². The molecule has 0 saturated carbocycles. The fourth-order valence-electron chi connectivity index (χ4n) is 1.44. The Bertz CT molecular complexity index is 385. The Balaban J connectivity index is 2.51. The Morgan fingerprint density at radius 3 is 2.82 bits per heavy atom.